The predicted octanol–water partition coefficient (Wildman–Crippen LogP) is 1.70. The molecule has 0 aromatic rings. The van der Waals surface area contributed by atoms with Crippen molar-refractivity contribution in [2.75, 3.05) is 13.2 Å². The van der Waals surface area contributed by atoms with Crippen molar-refractivity contribution in [1.29, 1.82) is 0 Å². The molecule has 0 heterocycles. The lowest BCUT2D eigenvalue weighted by atomic mass is 9.94. The second-order valence-corrected chi connectivity index (χ2v) is 4.34. The van der Waals surface area contributed by atoms with Crippen LogP contribution in [0.5, 0.6) is 0 Å². The van der Waals surface area contributed by atoms with Crippen LogP contribution in [0.2, 0.25) is 0 Å². The average Bonchev–Trinajstić information content (AvgIpc) is 2.12. The van der Waals surface area contributed by atoms with Gasteiger partial charge in [0, 0.05) is 6.04 Å². The number of hydrogen-bond acceptors (Lipinski definition) is 3. The number of rotatable bonds is 5. The van der Waals surface area contributed by atoms with E-state index in [4.69, 9.17) is 15.2 Å². The van der Waals surface area contributed by atoms with E-state index < -0.39 is 0 Å². The fraction of sp³-hybridized carbons (Fsp3) is 1.00. The first-order valence-corrected chi connectivity index (χ1v) is 5.67. The third-order valence-corrected chi connectivity index (χ3v) is 2.55. The molecule has 1 aliphatic carbocycles. The van der Waals surface area contributed by atoms with Crippen LogP contribution in [-0.4, -0.2) is 31.5 Å². The second kappa shape index (κ2) is 6.38. The zero-order chi connectivity index (χ0) is 10.4. The first-order chi connectivity index (χ1) is 6.68. The molecule has 84 valence electrons. The Labute approximate surface area is 86.9 Å². The molecule has 1 aliphatic rings. The van der Waals surface area contributed by atoms with E-state index in [1.165, 1.54) is 6.42 Å². The van der Waals surface area contributed by atoms with Crippen molar-refractivity contribution in [2.24, 2.45) is 5.73 Å². The van der Waals surface area contributed by atoms with Gasteiger partial charge in [-0.2, -0.15) is 0 Å². The van der Waals surface area contributed by atoms with E-state index in [1.54, 1.807) is 0 Å². The molecule has 1 saturated carbocycles. The minimum atomic E-state index is 0.298. The lowest BCUT2D eigenvalue weighted by Gasteiger charge is -2.26. The van der Waals surface area contributed by atoms with Gasteiger partial charge in [0.1, 0.15) is 0 Å². The van der Waals surface area contributed by atoms with Crippen molar-refractivity contribution in [3.8, 4) is 0 Å². The van der Waals surface area contributed by atoms with Crippen LogP contribution in [0.1, 0.15) is 39.5 Å². The Morgan fingerprint density at radius 1 is 1.29 bits per heavy atom. The lowest BCUT2D eigenvalue weighted by Crippen LogP contribution is -2.32. The van der Waals surface area contributed by atoms with Crippen LogP contribution in [0, 0.1) is 0 Å². The zero-order valence-electron chi connectivity index (χ0n) is 9.37. The van der Waals surface area contributed by atoms with E-state index in [0.29, 0.717) is 31.5 Å². The van der Waals surface area contributed by atoms with Crippen LogP contribution in [-0.2, 0) is 9.47 Å². The molecule has 2 atom stereocenters. The molecule has 0 aromatic heterocycles. The summed E-state index contributed by atoms with van der Waals surface area (Å²) in [5, 5.41) is 0. The highest BCUT2D eigenvalue weighted by Crippen LogP contribution is 2.19. The Balaban J connectivity index is 2.00. The van der Waals surface area contributed by atoms with Gasteiger partial charge in [-0.15, -0.1) is 0 Å². The SMILES string of the molecule is CC(C)OCCOC1CCCC(N)C1. The van der Waals surface area contributed by atoms with Crippen LogP contribution in [0.15, 0.2) is 0 Å². The molecule has 0 aliphatic heterocycles. The molecule has 2 N–H and O–H groups in total. The highest BCUT2D eigenvalue weighted by Gasteiger charge is 2.19. The quantitative estimate of drug-likeness (QED) is 0.688. The lowest BCUT2D eigenvalue weighted by molar-refractivity contribution is -0.0263. The predicted molar refractivity (Wildman–Crippen MR) is 57.3 cm³/mol. The summed E-state index contributed by atoms with van der Waals surface area (Å²) >= 11 is 0. The molecule has 0 aromatic carbocycles. The summed E-state index contributed by atoms with van der Waals surface area (Å²) in [6.07, 6.45) is 5.21. The Bertz CT molecular complexity index is 150. The van der Waals surface area contributed by atoms with Crippen LogP contribution in [0.25, 0.3) is 0 Å². The maximum Gasteiger partial charge on any atom is 0.0704 e. The summed E-state index contributed by atoms with van der Waals surface area (Å²) in [5.74, 6) is 0. The first-order valence-electron chi connectivity index (χ1n) is 5.67. The van der Waals surface area contributed by atoms with Gasteiger partial charge in [0.25, 0.3) is 0 Å². The normalized spacial score (nSPS) is 28.3. The van der Waals surface area contributed by atoms with Gasteiger partial charge in [-0.3, -0.25) is 0 Å². The summed E-state index contributed by atoms with van der Waals surface area (Å²) in [5.41, 5.74) is 5.87. The minimum absolute atomic E-state index is 0.298. The monoisotopic (exact) mass is 201 g/mol. The third kappa shape index (κ3) is 4.94. The fourth-order valence-electron chi connectivity index (χ4n) is 1.83. The number of hydrogen-bond donors (Lipinski definition) is 1. The van der Waals surface area contributed by atoms with Gasteiger partial charge in [0.15, 0.2) is 0 Å². The van der Waals surface area contributed by atoms with Crippen molar-refractivity contribution in [2.45, 2.75) is 57.8 Å². The summed E-state index contributed by atoms with van der Waals surface area (Å²) in [6.45, 7) is 5.48. The van der Waals surface area contributed by atoms with Gasteiger partial charge in [-0.05, 0) is 39.5 Å². The molecule has 0 radical (unpaired) electrons. The fourth-order valence-corrected chi connectivity index (χ4v) is 1.83. The van der Waals surface area contributed by atoms with Gasteiger partial charge in [-0.25, -0.2) is 0 Å². The van der Waals surface area contributed by atoms with Crippen molar-refractivity contribution in [3.05, 3.63) is 0 Å². The molecular formula is C11H23NO2. The minimum Gasteiger partial charge on any atom is -0.376 e. The largest absolute Gasteiger partial charge is 0.376 e. The molecule has 2 unspecified atom stereocenters. The molecular weight excluding hydrogens is 178 g/mol. The second-order valence-electron chi connectivity index (χ2n) is 4.34. The van der Waals surface area contributed by atoms with Gasteiger partial charge < -0.3 is 15.2 Å². The Kier molecular flexibility index (Phi) is 5.45. The first kappa shape index (κ1) is 12.0. The van der Waals surface area contributed by atoms with E-state index in [9.17, 15) is 0 Å². The summed E-state index contributed by atoms with van der Waals surface area (Å²) in [7, 11) is 0. The average molecular weight is 201 g/mol. The van der Waals surface area contributed by atoms with Crippen LogP contribution in [0.3, 0.4) is 0 Å². The molecule has 0 bridgehead atoms. The highest BCUT2D eigenvalue weighted by atomic mass is 16.5. The third-order valence-electron chi connectivity index (χ3n) is 2.55. The zero-order valence-corrected chi connectivity index (χ0v) is 9.37. The Morgan fingerprint density at radius 2 is 2.07 bits per heavy atom. The molecule has 14 heavy (non-hydrogen) atoms. The van der Waals surface area contributed by atoms with Crippen molar-refractivity contribution < 1.29 is 9.47 Å². The Morgan fingerprint density at radius 3 is 2.71 bits per heavy atom. The van der Waals surface area contributed by atoms with Gasteiger partial charge in [0.05, 0.1) is 25.4 Å². The van der Waals surface area contributed by atoms with E-state index in [-0.39, 0.29) is 0 Å². The highest BCUT2D eigenvalue weighted by molar-refractivity contribution is 4.75. The van der Waals surface area contributed by atoms with Gasteiger partial charge >= 0.3 is 0 Å². The van der Waals surface area contributed by atoms with Crippen LogP contribution in [0.4, 0.5) is 0 Å². The number of ether oxygens (including phenoxy) is 2. The standard InChI is InChI=1S/C11H23NO2/c1-9(2)13-6-7-14-11-5-3-4-10(12)8-11/h9-11H,3-8,12H2,1-2H3. The van der Waals surface area contributed by atoms with Crippen molar-refractivity contribution in [3.63, 3.8) is 0 Å². The molecule has 3 nitrogen and oxygen atoms in total. The maximum absolute atomic E-state index is 5.87. The van der Waals surface area contributed by atoms with E-state index in [1.807, 2.05) is 13.8 Å². The van der Waals surface area contributed by atoms with Crippen LogP contribution >= 0.6 is 0 Å². The molecule has 0 saturated heterocycles. The van der Waals surface area contributed by atoms with Gasteiger partial charge in [-0.1, -0.05) is 0 Å². The number of nitrogens with two attached hydrogens (primary N) is 1. The Hall–Kier alpha value is -0.120. The van der Waals surface area contributed by atoms with Gasteiger partial charge in [0.2, 0.25) is 0 Å². The maximum atomic E-state index is 5.87. The molecule has 1 rings (SSSR count). The van der Waals surface area contributed by atoms with Crippen LogP contribution < -0.4 is 5.73 Å². The van der Waals surface area contributed by atoms with Crippen molar-refractivity contribution in [1.82, 2.24) is 0 Å². The van der Waals surface area contributed by atoms with E-state index >= 15 is 0 Å². The van der Waals surface area contributed by atoms with Crippen molar-refractivity contribution >= 4 is 0 Å². The van der Waals surface area contributed by atoms with E-state index in [2.05, 4.69) is 0 Å². The van der Waals surface area contributed by atoms with E-state index in [0.717, 1.165) is 19.3 Å². The topological polar surface area (TPSA) is 44.5 Å². The molecule has 0 spiro atoms. The smallest absolute Gasteiger partial charge is 0.0704 e. The molecule has 0 amide bonds. The summed E-state index contributed by atoms with van der Waals surface area (Å²) < 4.78 is 11.1. The molecule has 1 fully saturated rings. The summed E-state index contributed by atoms with van der Waals surface area (Å²) in [6, 6.07) is 0.347. The summed E-state index contributed by atoms with van der Waals surface area (Å²) in [4.78, 5) is 0. The molecule has 3 heteroatoms.